The first-order valence-corrected chi connectivity index (χ1v) is 6.15. The molecule has 0 radical (unpaired) electrons. The van der Waals surface area contributed by atoms with Gasteiger partial charge in [-0.15, -0.1) is 0 Å². The lowest BCUT2D eigenvalue weighted by Crippen LogP contribution is -2.38. The highest BCUT2D eigenvalue weighted by Gasteiger charge is 2.11. The first-order valence-electron chi connectivity index (χ1n) is 6.15. The topological polar surface area (TPSA) is 54.5 Å². The maximum Gasteiger partial charge on any atom is 0.236 e. The van der Waals surface area contributed by atoms with Crippen LogP contribution in [0.15, 0.2) is 24.4 Å². The molecule has 0 spiro atoms. The second-order valence-corrected chi connectivity index (χ2v) is 3.90. The largest absolute Gasteiger partial charge is 0.383 e. The molecule has 100 valence electrons. The van der Waals surface area contributed by atoms with Crippen LogP contribution in [-0.2, 0) is 16.1 Å². The molecule has 18 heavy (non-hydrogen) atoms. The predicted octanol–water partition coefficient (Wildman–Crippen LogP) is 0.666. The van der Waals surface area contributed by atoms with Gasteiger partial charge in [0.25, 0.3) is 0 Å². The highest BCUT2D eigenvalue weighted by Crippen LogP contribution is 2.00. The van der Waals surface area contributed by atoms with Crippen molar-refractivity contribution >= 4 is 5.91 Å². The van der Waals surface area contributed by atoms with Crippen LogP contribution in [0.1, 0.15) is 12.6 Å². The van der Waals surface area contributed by atoms with E-state index in [-0.39, 0.29) is 5.91 Å². The molecule has 0 saturated heterocycles. The molecule has 0 aliphatic rings. The SMILES string of the molecule is CCN(Cc1ccccn1)C(=O)CNCCOC. The second-order valence-electron chi connectivity index (χ2n) is 3.90. The molecular weight excluding hydrogens is 230 g/mol. The van der Waals surface area contributed by atoms with Gasteiger partial charge in [0.2, 0.25) is 5.91 Å². The third-order valence-corrected chi connectivity index (χ3v) is 2.57. The molecule has 5 heteroatoms. The molecule has 0 unspecified atom stereocenters. The lowest BCUT2D eigenvalue weighted by molar-refractivity contribution is -0.130. The Morgan fingerprint density at radius 2 is 2.33 bits per heavy atom. The van der Waals surface area contributed by atoms with Crippen LogP contribution in [0.5, 0.6) is 0 Å². The van der Waals surface area contributed by atoms with Crippen LogP contribution in [0, 0.1) is 0 Å². The van der Waals surface area contributed by atoms with E-state index in [1.54, 1.807) is 18.2 Å². The first kappa shape index (κ1) is 14.6. The second kappa shape index (κ2) is 8.60. The average Bonchev–Trinajstić information content (AvgIpc) is 2.42. The number of carbonyl (C=O) groups is 1. The van der Waals surface area contributed by atoms with E-state index in [0.29, 0.717) is 32.8 Å². The van der Waals surface area contributed by atoms with Crippen LogP contribution in [-0.4, -0.2) is 49.1 Å². The number of hydrogen-bond acceptors (Lipinski definition) is 4. The number of ether oxygens (including phenoxy) is 1. The number of pyridine rings is 1. The van der Waals surface area contributed by atoms with Crippen molar-refractivity contribution in [2.24, 2.45) is 0 Å². The Morgan fingerprint density at radius 3 is 2.94 bits per heavy atom. The Labute approximate surface area is 108 Å². The van der Waals surface area contributed by atoms with Crippen LogP contribution in [0.25, 0.3) is 0 Å². The van der Waals surface area contributed by atoms with Crippen molar-refractivity contribution in [2.45, 2.75) is 13.5 Å². The van der Waals surface area contributed by atoms with Gasteiger partial charge >= 0.3 is 0 Å². The molecule has 0 fully saturated rings. The van der Waals surface area contributed by atoms with Crippen LogP contribution >= 0.6 is 0 Å². The summed E-state index contributed by atoms with van der Waals surface area (Å²) in [4.78, 5) is 17.9. The monoisotopic (exact) mass is 251 g/mol. The molecule has 0 aromatic carbocycles. The summed E-state index contributed by atoms with van der Waals surface area (Å²) in [6, 6.07) is 5.72. The molecule has 0 bridgehead atoms. The van der Waals surface area contributed by atoms with Crippen LogP contribution < -0.4 is 5.32 Å². The van der Waals surface area contributed by atoms with Crippen molar-refractivity contribution in [3.63, 3.8) is 0 Å². The minimum Gasteiger partial charge on any atom is -0.383 e. The highest BCUT2D eigenvalue weighted by molar-refractivity contribution is 5.78. The van der Waals surface area contributed by atoms with Crippen molar-refractivity contribution in [2.75, 3.05) is 33.4 Å². The molecule has 0 saturated carbocycles. The van der Waals surface area contributed by atoms with Crippen LogP contribution in [0.4, 0.5) is 0 Å². The minimum absolute atomic E-state index is 0.0826. The van der Waals surface area contributed by atoms with E-state index in [4.69, 9.17) is 4.74 Å². The van der Waals surface area contributed by atoms with E-state index in [9.17, 15) is 4.79 Å². The summed E-state index contributed by atoms with van der Waals surface area (Å²) in [5.74, 6) is 0.0826. The number of carbonyl (C=O) groups excluding carboxylic acids is 1. The Bertz CT molecular complexity index is 343. The van der Waals surface area contributed by atoms with Crippen LogP contribution in [0.2, 0.25) is 0 Å². The van der Waals surface area contributed by atoms with Gasteiger partial charge in [-0.2, -0.15) is 0 Å². The maximum atomic E-state index is 11.9. The Kier molecular flexibility index (Phi) is 6.98. The summed E-state index contributed by atoms with van der Waals surface area (Å²) in [5.41, 5.74) is 0.907. The van der Waals surface area contributed by atoms with E-state index < -0.39 is 0 Å². The Hall–Kier alpha value is -1.46. The van der Waals surface area contributed by atoms with Crippen molar-refractivity contribution in [1.29, 1.82) is 0 Å². The molecular formula is C13H21N3O2. The Morgan fingerprint density at radius 1 is 1.50 bits per heavy atom. The first-order chi connectivity index (χ1) is 8.77. The van der Waals surface area contributed by atoms with Crippen molar-refractivity contribution in [1.82, 2.24) is 15.2 Å². The fourth-order valence-corrected chi connectivity index (χ4v) is 1.54. The molecule has 1 rings (SSSR count). The molecule has 1 heterocycles. The summed E-state index contributed by atoms with van der Waals surface area (Å²) in [7, 11) is 1.64. The van der Waals surface area contributed by atoms with Gasteiger partial charge in [-0.3, -0.25) is 9.78 Å². The summed E-state index contributed by atoms with van der Waals surface area (Å²) in [6.07, 6.45) is 1.74. The number of rotatable bonds is 8. The van der Waals surface area contributed by atoms with E-state index in [1.165, 1.54) is 0 Å². The fraction of sp³-hybridized carbons (Fsp3) is 0.538. The molecule has 1 N–H and O–H groups in total. The van der Waals surface area contributed by atoms with Gasteiger partial charge in [0.05, 0.1) is 25.4 Å². The molecule has 5 nitrogen and oxygen atoms in total. The zero-order chi connectivity index (χ0) is 13.2. The predicted molar refractivity (Wildman–Crippen MR) is 70.1 cm³/mol. The van der Waals surface area contributed by atoms with Gasteiger partial charge in [-0.05, 0) is 19.1 Å². The highest BCUT2D eigenvalue weighted by atomic mass is 16.5. The lowest BCUT2D eigenvalue weighted by Gasteiger charge is -2.20. The third-order valence-electron chi connectivity index (χ3n) is 2.57. The Balaban J connectivity index is 2.38. The van der Waals surface area contributed by atoms with Crippen molar-refractivity contribution in [3.8, 4) is 0 Å². The molecule has 0 aliphatic carbocycles. The van der Waals surface area contributed by atoms with E-state index in [2.05, 4.69) is 10.3 Å². The van der Waals surface area contributed by atoms with Gasteiger partial charge in [0.1, 0.15) is 0 Å². The number of nitrogens with one attached hydrogen (secondary N) is 1. The molecule has 0 atom stereocenters. The van der Waals surface area contributed by atoms with Crippen molar-refractivity contribution in [3.05, 3.63) is 30.1 Å². The third kappa shape index (κ3) is 5.25. The number of methoxy groups -OCH3 is 1. The number of amides is 1. The van der Waals surface area contributed by atoms with Crippen LogP contribution in [0.3, 0.4) is 0 Å². The number of nitrogens with zero attached hydrogens (tertiary/aromatic N) is 2. The molecule has 1 aromatic heterocycles. The van der Waals surface area contributed by atoms with Gasteiger partial charge in [-0.1, -0.05) is 6.07 Å². The van der Waals surface area contributed by atoms with Gasteiger partial charge in [0.15, 0.2) is 0 Å². The zero-order valence-corrected chi connectivity index (χ0v) is 11.1. The van der Waals surface area contributed by atoms with Crippen molar-refractivity contribution < 1.29 is 9.53 Å². The van der Waals surface area contributed by atoms with Gasteiger partial charge < -0.3 is 15.0 Å². The number of likely N-dealkylation sites (N-methyl/N-ethyl adjacent to an activating group) is 1. The lowest BCUT2D eigenvalue weighted by atomic mass is 10.3. The number of hydrogen-bond donors (Lipinski definition) is 1. The minimum atomic E-state index is 0.0826. The number of aromatic nitrogens is 1. The summed E-state index contributed by atoms with van der Waals surface area (Å²) >= 11 is 0. The zero-order valence-electron chi connectivity index (χ0n) is 11.1. The average molecular weight is 251 g/mol. The summed E-state index contributed by atoms with van der Waals surface area (Å²) in [5, 5.41) is 3.05. The quantitative estimate of drug-likeness (QED) is 0.690. The van der Waals surface area contributed by atoms with E-state index in [1.807, 2.05) is 25.1 Å². The maximum absolute atomic E-state index is 11.9. The molecule has 1 amide bonds. The standard InChI is InChI=1S/C13H21N3O2/c1-3-16(11-12-6-4-5-7-15-12)13(17)10-14-8-9-18-2/h4-7,14H,3,8-11H2,1-2H3. The normalized spacial score (nSPS) is 10.3. The molecule has 1 aromatic rings. The molecule has 0 aliphatic heterocycles. The van der Waals surface area contributed by atoms with Gasteiger partial charge in [-0.25, -0.2) is 0 Å². The van der Waals surface area contributed by atoms with E-state index in [0.717, 1.165) is 5.69 Å². The van der Waals surface area contributed by atoms with E-state index >= 15 is 0 Å². The van der Waals surface area contributed by atoms with Gasteiger partial charge in [0, 0.05) is 26.4 Å². The summed E-state index contributed by atoms with van der Waals surface area (Å²) < 4.78 is 4.91. The fourth-order valence-electron chi connectivity index (χ4n) is 1.54. The smallest absolute Gasteiger partial charge is 0.236 e. The summed E-state index contributed by atoms with van der Waals surface area (Å²) in [6.45, 7) is 4.84.